The first-order valence-electron chi connectivity index (χ1n) is 9.41. The van der Waals surface area contributed by atoms with Gasteiger partial charge >= 0.3 is 0 Å². The van der Waals surface area contributed by atoms with Crippen molar-refractivity contribution in [3.05, 3.63) is 88.9 Å². The molecule has 4 rings (SSSR count). The monoisotopic (exact) mass is 452 g/mol. The first-order valence-corrected chi connectivity index (χ1v) is 11.8. The van der Waals surface area contributed by atoms with E-state index in [0.29, 0.717) is 29.1 Å². The van der Waals surface area contributed by atoms with Crippen LogP contribution in [0.2, 0.25) is 0 Å². The number of carbonyl (C=O) groups is 1. The molecule has 9 heteroatoms. The largest absolute Gasteiger partial charge is 0.322 e. The minimum Gasteiger partial charge on any atom is -0.322 e. The number of nitrogens with zero attached hydrogens (tertiary/aromatic N) is 2. The number of hydrogen-bond donors (Lipinski definition) is 2. The highest BCUT2D eigenvalue weighted by molar-refractivity contribution is 7.89. The Morgan fingerprint density at radius 3 is 2.58 bits per heavy atom. The van der Waals surface area contributed by atoms with Crippen LogP contribution in [-0.2, 0) is 16.6 Å². The van der Waals surface area contributed by atoms with Gasteiger partial charge in [-0.05, 0) is 41.6 Å². The van der Waals surface area contributed by atoms with Crippen LogP contribution in [0.3, 0.4) is 0 Å². The molecule has 0 atom stereocenters. The quantitative estimate of drug-likeness (QED) is 0.463. The number of rotatable bonds is 6. The van der Waals surface area contributed by atoms with E-state index in [1.54, 1.807) is 29.9 Å². The van der Waals surface area contributed by atoms with Crippen LogP contribution in [0.5, 0.6) is 0 Å². The molecule has 3 N–H and O–H groups in total. The average molecular weight is 453 g/mol. The molecule has 7 nitrogen and oxygen atoms in total. The number of carbonyl (C=O) groups excluding carboxylic acids is 1. The van der Waals surface area contributed by atoms with Crippen molar-refractivity contribution >= 4 is 33.0 Å². The van der Waals surface area contributed by atoms with Crippen molar-refractivity contribution in [1.82, 2.24) is 9.78 Å². The second-order valence-corrected chi connectivity index (χ2v) is 9.51. The van der Waals surface area contributed by atoms with Gasteiger partial charge in [0.2, 0.25) is 10.0 Å². The summed E-state index contributed by atoms with van der Waals surface area (Å²) in [6, 6.07) is 18.2. The van der Waals surface area contributed by atoms with E-state index in [0.717, 1.165) is 10.4 Å². The van der Waals surface area contributed by atoms with E-state index >= 15 is 0 Å². The van der Waals surface area contributed by atoms with Crippen LogP contribution in [0.25, 0.3) is 10.6 Å². The number of aromatic nitrogens is 2. The third-order valence-electron chi connectivity index (χ3n) is 4.70. The van der Waals surface area contributed by atoms with E-state index in [2.05, 4.69) is 10.4 Å². The summed E-state index contributed by atoms with van der Waals surface area (Å²) >= 11 is 1.49. The minimum atomic E-state index is -3.90. The lowest BCUT2D eigenvalue weighted by atomic mass is 10.2. The number of nitrogens with one attached hydrogen (secondary N) is 1. The lowest BCUT2D eigenvalue weighted by Gasteiger charge is -2.09. The van der Waals surface area contributed by atoms with E-state index in [1.165, 1.54) is 17.4 Å². The lowest BCUT2D eigenvalue weighted by molar-refractivity contribution is 0.102. The molecular formula is C22H20N4O3S2. The Morgan fingerprint density at radius 1 is 1.13 bits per heavy atom. The summed E-state index contributed by atoms with van der Waals surface area (Å²) in [6.07, 6.45) is 1.70. The van der Waals surface area contributed by atoms with Gasteiger partial charge in [-0.2, -0.15) is 5.10 Å². The maximum atomic E-state index is 13.1. The highest BCUT2D eigenvalue weighted by atomic mass is 32.2. The molecule has 31 heavy (non-hydrogen) atoms. The zero-order valence-electron chi connectivity index (χ0n) is 16.6. The smallest absolute Gasteiger partial charge is 0.259 e. The average Bonchev–Trinajstić information content (AvgIpc) is 3.39. The van der Waals surface area contributed by atoms with Gasteiger partial charge in [-0.3, -0.25) is 9.48 Å². The number of aryl methyl sites for hydroxylation is 1. The van der Waals surface area contributed by atoms with Gasteiger partial charge in [0.1, 0.15) is 5.69 Å². The van der Waals surface area contributed by atoms with Crippen molar-refractivity contribution in [2.75, 3.05) is 5.32 Å². The fraction of sp³-hybridized carbons (Fsp3) is 0.0909. The molecule has 4 aromatic rings. The van der Waals surface area contributed by atoms with Gasteiger partial charge in [-0.15, -0.1) is 11.3 Å². The van der Waals surface area contributed by atoms with Crippen molar-refractivity contribution in [2.45, 2.75) is 18.4 Å². The molecule has 0 unspecified atom stereocenters. The van der Waals surface area contributed by atoms with Gasteiger partial charge in [-0.1, -0.05) is 42.5 Å². The highest BCUT2D eigenvalue weighted by Gasteiger charge is 2.20. The van der Waals surface area contributed by atoms with Gasteiger partial charge in [0.25, 0.3) is 5.91 Å². The molecule has 0 aliphatic rings. The molecule has 0 fully saturated rings. The van der Waals surface area contributed by atoms with Gasteiger partial charge < -0.3 is 5.32 Å². The zero-order valence-corrected chi connectivity index (χ0v) is 18.3. The van der Waals surface area contributed by atoms with Gasteiger partial charge in [0.05, 0.1) is 21.9 Å². The standard InChI is InChI=1S/C22H20N4O3S2/c1-15-9-10-17(12-20(15)31(23,28)29)24-22(27)18-14-26(13-16-6-3-2-4-7-16)25-21(18)19-8-5-11-30-19/h2-12,14H,13H2,1H3,(H,24,27)(H2,23,28,29). The first-order chi connectivity index (χ1) is 14.8. The normalized spacial score (nSPS) is 11.4. The number of benzene rings is 2. The third-order valence-corrected chi connectivity index (χ3v) is 6.63. The summed E-state index contributed by atoms with van der Waals surface area (Å²) < 4.78 is 25.3. The second-order valence-electron chi connectivity index (χ2n) is 7.03. The third kappa shape index (κ3) is 4.74. The minimum absolute atomic E-state index is 0.0245. The van der Waals surface area contributed by atoms with Crippen molar-refractivity contribution in [3.8, 4) is 10.6 Å². The van der Waals surface area contributed by atoms with E-state index in [-0.39, 0.29) is 10.8 Å². The molecule has 0 saturated carbocycles. The number of amides is 1. The second kappa shape index (κ2) is 8.46. The number of thiophene rings is 1. The van der Waals surface area contributed by atoms with Crippen LogP contribution in [0.1, 0.15) is 21.5 Å². The van der Waals surface area contributed by atoms with Gasteiger partial charge in [-0.25, -0.2) is 13.6 Å². The predicted octanol–water partition coefficient (Wildman–Crippen LogP) is 3.87. The Labute approximate surface area is 184 Å². The van der Waals surface area contributed by atoms with Crippen LogP contribution in [-0.4, -0.2) is 24.1 Å². The zero-order chi connectivity index (χ0) is 22.0. The number of primary sulfonamides is 1. The molecule has 2 aromatic carbocycles. The van der Waals surface area contributed by atoms with Crippen molar-refractivity contribution in [2.24, 2.45) is 5.14 Å². The van der Waals surface area contributed by atoms with Crippen LogP contribution < -0.4 is 10.5 Å². The molecule has 2 aromatic heterocycles. The van der Waals surface area contributed by atoms with Gasteiger partial charge in [0.15, 0.2) is 0 Å². The summed E-state index contributed by atoms with van der Waals surface area (Å²) in [5, 5.41) is 14.6. The highest BCUT2D eigenvalue weighted by Crippen LogP contribution is 2.28. The molecule has 2 heterocycles. The van der Waals surface area contributed by atoms with E-state index in [1.807, 2.05) is 47.8 Å². The topological polar surface area (TPSA) is 107 Å². The van der Waals surface area contributed by atoms with Crippen LogP contribution in [0.15, 0.2) is 77.1 Å². The van der Waals surface area contributed by atoms with Crippen LogP contribution in [0, 0.1) is 6.92 Å². The molecule has 0 spiro atoms. The Balaban J connectivity index is 1.67. The number of anilines is 1. The fourth-order valence-electron chi connectivity index (χ4n) is 3.22. The molecule has 158 valence electrons. The fourth-order valence-corrected chi connectivity index (χ4v) is 4.75. The molecule has 0 saturated heterocycles. The van der Waals surface area contributed by atoms with Crippen molar-refractivity contribution < 1.29 is 13.2 Å². The Kier molecular flexibility index (Phi) is 5.73. The molecule has 0 aliphatic heterocycles. The van der Waals surface area contributed by atoms with Crippen LogP contribution >= 0.6 is 11.3 Å². The van der Waals surface area contributed by atoms with E-state index < -0.39 is 10.0 Å². The van der Waals surface area contributed by atoms with E-state index in [4.69, 9.17) is 5.14 Å². The summed E-state index contributed by atoms with van der Waals surface area (Å²) in [5.74, 6) is -0.382. The van der Waals surface area contributed by atoms with Crippen LogP contribution in [0.4, 0.5) is 5.69 Å². The SMILES string of the molecule is Cc1ccc(NC(=O)c2cn(Cc3ccccc3)nc2-c2cccs2)cc1S(N)(=O)=O. The number of nitrogens with two attached hydrogens (primary N) is 1. The lowest BCUT2D eigenvalue weighted by Crippen LogP contribution is -2.16. The molecule has 0 bridgehead atoms. The molecule has 0 aliphatic carbocycles. The summed E-state index contributed by atoms with van der Waals surface area (Å²) in [4.78, 5) is 13.9. The molecule has 0 radical (unpaired) electrons. The molecular weight excluding hydrogens is 432 g/mol. The maximum Gasteiger partial charge on any atom is 0.259 e. The Hall–Kier alpha value is -3.27. The summed E-state index contributed by atoms with van der Waals surface area (Å²) in [5.41, 5.74) is 2.88. The number of sulfonamides is 1. The van der Waals surface area contributed by atoms with E-state index in [9.17, 15) is 13.2 Å². The Bertz CT molecular complexity index is 1330. The van der Waals surface area contributed by atoms with Crippen molar-refractivity contribution in [3.63, 3.8) is 0 Å². The molecule has 1 amide bonds. The summed E-state index contributed by atoms with van der Waals surface area (Å²) in [7, 11) is -3.90. The predicted molar refractivity (Wildman–Crippen MR) is 122 cm³/mol. The maximum absolute atomic E-state index is 13.1. The van der Waals surface area contributed by atoms with Gasteiger partial charge in [0, 0.05) is 11.9 Å². The number of hydrogen-bond acceptors (Lipinski definition) is 5. The van der Waals surface area contributed by atoms with Crippen molar-refractivity contribution in [1.29, 1.82) is 0 Å². The first kappa shape index (κ1) is 21.0. The Morgan fingerprint density at radius 2 is 1.90 bits per heavy atom. The summed E-state index contributed by atoms with van der Waals surface area (Å²) in [6.45, 7) is 2.17.